The summed E-state index contributed by atoms with van der Waals surface area (Å²) in [6.07, 6.45) is 5.40. The van der Waals surface area contributed by atoms with Gasteiger partial charge in [0, 0.05) is 35.8 Å². The molecule has 2 aromatic carbocycles. The summed E-state index contributed by atoms with van der Waals surface area (Å²) in [7, 11) is 0. The Bertz CT molecular complexity index is 932. The second-order valence-corrected chi connectivity index (χ2v) is 5.69. The van der Waals surface area contributed by atoms with Crippen LogP contribution < -0.4 is 5.32 Å². The molecular formula is C21H17N3O. The molecule has 4 rings (SSSR count). The minimum Gasteiger partial charge on any atom is -0.436 e. The molecule has 0 radical (unpaired) electrons. The van der Waals surface area contributed by atoms with Crippen LogP contribution in [0.1, 0.15) is 5.56 Å². The number of oxazole rings is 1. The van der Waals surface area contributed by atoms with Gasteiger partial charge < -0.3 is 9.73 Å². The second-order valence-electron chi connectivity index (χ2n) is 5.69. The van der Waals surface area contributed by atoms with Crippen molar-refractivity contribution >= 4 is 5.69 Å². The number of aromatic nitrogens is 2. The van der Waals surface area contributed by atoms with Gasteiger partial charge in [0.25, 0.3) is 0 Å². The van der Waals surface area contributed by atoms with Gasteiger partial charge in [-0.25, -0.2) is 4.98 Å². The summed E-state index contributed by atoms with van der Waals surface area (Å²) in [5.41, 5.74) is 4.17. The Morgan fingerprint density at radius 2 is 1.64 bits per heavy atom. The fourth-order valence-electron chi connectivity index (χ4n) is 2.58. The maximum Gasteiger partial charge on any atom is 0.226 e. The molecule has 0 saturated heterocycles. The third kappa shape index (κ3) is 3.58. The lowest BCUT2D eigenvalue weighted by Gasteiger charge is -2.06. The number of benzene rings is 2. The minimum absolute atomic E-state index is 0.623. The first-order valence-corrected chi connectivity index (χ1v) is 8.13. The van der Waals surface area contributed by atoms with Gasteiger partial charge in [-0.1, -0.05) is 36.4 Å². The van der Waals surface area contributed by atoms with Crippen molar-refractivity contribution in [1.82, 2.24) is 9.97 Å². The summed E-state index contributed by atoms with van der Waals surface area (Å²) in [5, 5.41) is 3.38. The van der Waals surface area contributed by atoms with Crippen molar-refractivity contribution in [2.75, 3.05) is 5.32 Å². The van der Waals surface area contributed by atoms with Crippen molar-refractivity contribution in [1.29, 1.82) is 0 Å². The third-order valence-electron chi connectivity index (χ3n) is 3.92. The Morgan fingerprint density at radius 1 is 0.800 bits per heavy atom. The van der Waals surface area contributed by atoms with Gasteiger partial charge in [-0.15, -0.1) is 0 Å². The van der Waals surface area contributed by atoms with Crippen molar-refractivity contribution in [2.24, 2.45) is 0 Å². The first kappa shape index (κ1) is 15.1. The van der Waals surface area contributed by atoms with E-state index in [0.717, 1.165) is 34.7 Å². The zero-order chi connectivity index (χ0) is 16.9. The predicted molar refractivity (Wildman–Crippen MR) is 98.9 cm³/mol. The van der Waals surface area contributed by atoms with E-state index in [-0.39, 0.29) is 0 Å². The van der Waals surface area contributed by atoms with Gasteiger partial charge in [0.2, 0.25) is 5.89 Å². The maximum atomic E-state index is 5.89. The number of hydrogen-bond donors (Lipinski definition) is 1. The van der Waals surface area contributed by atoms with Gasteiger partial charge in [0.15, 0.2) is 5.76 Å². The topological polar surface area (TPSA) is 51.0 Å². The van der Waals surface area contributed by atoms with Crippen molar-refractivity contribution in [2.45, 2.75) is 6.54 Å². The summed E-state index contributed by atoms with van der Waals surface area (Å²) in [6, 6.07) is 22.0. The standard InChI is InChI=1S/C21H17N3O/c1-2-6-17(7-3-1)20-15-24-21(25-20)18-8-10-19(11-9-18)23-14-16-5-4-12-22-13-16/h1-13,15,23H,14H2. The van der Waals surface area contributed by atoms with Gasteiger partial charge >= 0.3 is 0 Å². The normalized spacial score (nSPS) is 10.6. The van der Waals surface area contributed by atoms with Crippen molar-refractivity contribution in [3.63, 3.8) is 0 Å². The minimum atomic E-state index is 0.623. The van der Waals surface area contributed by atoms with Crippen LogP contribution in [0.15, 0.2) is 89.7 Å². The largest absolute Gasteiger partial charge is 0.436 e. The molecule has 2 heterocycles. The van der Waals surface area contributed by atoms with Crippen molar-refractivity contribution < 1.29 is 4.42 Å². The van der Waals surface area contributed by atoms with E-state index in [4.69, 9.17) is 4.42 Å². The number of hydrogen-bond acceptors (Lipinski definition) is 4. The van der Waals surface area contributed by atoms with E-state index in [9.17, 15) is 0 Å². The summed E-state index contributed by atoms with van der Waals surface area (Å²) in [6.45, 7) is 0.740. The lowest BCUT2D eigenvalue weighted by Crippen LogP contribution is -1.99. The molecule has 25 heavy (non-hydrogen) atoms. The van der Waals surface area contributed by atoms with Gasteiger partial charge in [-0.05, 0) is 35.9 Å². The van der Waals surface area contributed by atoms with E-state index in [0.29, 0.717) is 5.89 Å². The fraction of sp³-hybridized carbons (Fsp3) is 0.0476. The van der Waals surface area contributed by atoms with E-state index in [2.05, 4.69) is 15.3 Å². The quantitative estimate of drug-likeness (QED) is 0.559. The molecule has 0 bridgehead atoms. The number of nitrogens with zero attached hydrogens (tertiary/aromatic N) is 2. The molecule has 4 nitrogen and oxygen atoms in total. The average molecular weight is 327 g/mol. The lowest BCUT2D eigenvalue weighted by molar-refractivity contribution is 0.589. The Balaban J connectivity index is 1.46. The molecule has 2 aromatic heterocycles. The zero-order valence-electron chi connectivity index (χ0n) is 13.6. The highest BCUT2D eigenvalue weighted by molar-refractivity contribution is 5.62. The first-order valence-electron chi connectivity index (χ1n) is 8.13. The smallest absolute Gasteiger partial charge is 0.226 e. The van der Waals surface area contributed by atoms with E-state index in [1.165, 1.54) is 0 Å². The number of anilines is 1. The average Bonchev–Trinajstić information content (AvgIpc) is 3.19. The molecule has 0 fully saturated rings. The monoisotopic (exact) mass is 327 g/mol. The van der Waals surface area contributed by atoms with Gasteiger partial charge in [-0.3, -0.25) is 4.98 Å². The predicted octanol–water partition coefficient (Wildman–Crippen LogP) is 5.02. The van der Waals surface area contributed by atoms with Gasteiger partial charge in [0.05, 0.1) is 6.20 Å². The summed E-state index contributed by atoms with van der Waals surface area (Å²) in [5.74, 6) is 1.40. The molecule has 0 atom stereocenters. The molecule has 1 N–H and O–H groups in total. The summed E-state index contributed by atoms with van der Waals surface area (Å²) in [4.78, 5) is 8.51. The highest BCUT2D eigenvalue weighted by Gasteiger charge is 2.08. The molecule has 0 unspecified atom stereocenters. The molecule has 0 aliphatic carbocycles. The summed E-state index contributed by atoms with van der Waals surface area (Å²) < 4.78 is 5.89. The van der Waals surface area contributed by atoms with E-state index in [1.807, 2.05) is 72.9 Å². The Labute approximate surface area is 146 Å². The Hall–Kier alpha value is -3.40. The Kier molecular flexibility index (Phi) is 4.25. The second kappa shape index (κ2) is 7.01. The highest BCUT2D eigenvalue weighted by atomic mass is 16.4. The lowest BCUT2D eigenvalue weighted by atomic mass is 10.2. The van der Waals surface area contributed by atoms with Crippen LogP contribution in [0.25, 0.3) is 22.8 Å². The summed E-state index contributed by atoms with van der Waals surface area (Å²) >= 11 is 0. The van der Waals surface area contributed by atoms with Crippen molar-refractivity contribution in [3.8, 4) is 22.8 Å². The molecule has 0 aliphatic heterocycles. The van der Waals surface area contributed by atoms with Crippen LogP contribution in [0.2, 0.25) is 0 Å². The molecule has 0 saturated carbocycles. The molecule has 0 amide bonds. The number of pyridine rings is 1. The molecule has 4 aromatic rings. The van der Waals surface area contributed by atoms with Crippen LogP contribution in [-0.2, 0) is 6.54 Å². The van der Waals surface area contributed by atoms with Gasteiger partial charge in [0.1, 0.15) is 0 Å². The number of rotatable bonds is 5. The zero-order valence-corrected chi connectivity index (χ0v) is 13.6. The van der Waals surface area contributed by atoms with Crippen molar-refractivity contribution in [3.05, 3.63) is 90.9 Å². The molecule has 0 aliphatic rings. The molecule has 4 heteroatoms. The Morgan fingerprint density at radius 3 is 2.40 bits per heavy atom. The fourth-order valence-corrected chi connectivity index (χ4v) is 2.58. The number of nitrogens with one attached hydrogen (secondary N) is 1. The maximum absolute atomic E-state index is 5.89. The molecular weight excluding hydrogens is 310 g/mol. The van der Waals surface area contributed by atoms with Gasteiger partial charge in [-0.2, -0.15) is 0 Å². The van der Waals surface area contributed by atoms with Crippen LogP contribution in [0, 0.1) is 0 Å². The molecule has 0 spiro atoms. The van der Waals surface area contributed by atoms with Crippen LogP contribution in [-0.4, -0.2) is 9.97 Å². The first-order chi connectivity index (χ1) is 12.4. The SMILES string of the molecule is c1ccc(-c2cnc(-c3ccc(NCc4cccnc4)cc3)o2)cc1. The van der Waals surface area contributed by atoms with E-state index in [1.54, 1.807) is 12.4 Å². The van der Waals surface area contributed by atoms with Crippen LogP contribution in [0.3, 0.4) is 0 Å². The van der Waals surface area contributed by atoms with Crippen LogP contribution in [0.5, 0.6) is 0 Å². The molecule has 122 valence electrons. The van der Waals surface area contributed by atoms with Crippen LogP contribution in [0.4, 0.5) is 5.69 Å². The highest BCUT2D eigenvalue weighted by Crippen LogP contribution is 2.26. The van der Waals surface area contributed by atoms with E-state index < -0.39 is 0 Å². The van der Waals surface area contributed by atoms with Crippen LogP contribution >= 0.6 is 0 Å². The van der Waals surface area contributed by atoms with E-state index >= 15 is 0 Å². The third-order valence-corrected chi connectivity index (χ3v) is 3.92.